The fourth-order valence-electron chi connectivity index (χ4n) is 2.12. The zero-order valence-electron chi connectivity index (χ0n) is 13.4. The number of nitrogens with zero attached hydrogens (tertiary/aromatic N) is 1. The molecule has 0 saturated heterocycles. The first-order chi connectivity index (χ1) is 11.1. The largest absolute Gasteiger partial charge is 0.467 e. The number of hydrogen-bond acceptors (Lipinski definition) is 3. The monoisotopic (exact) mass is 334 g/mol. The van der Waals surface area contributed by atoms with Crippen LogP contribution >= 0.6 is 0 Å². The van der Waals surface area contributed by atoms with E-state index >= 15 is 0 Å². The van der Waals surface area contributed by atoms with Gasteiger partial charge in [-0.3, -0.25) is 4.21 Å². The van der Waals surface area contributed by atoms with Crippen LogP contribution in [-0.4, -0.2) is 34.5 Å². The van der Waals surface area contributed by atoms with Crippen molar-refractivity contribution in [2.45, 2.75) is 18.7 Å². The average Bonchev–Trinajstić information content (AvgIpc) is 3.08. The smallest absolute Gasteiger partial charge is 0.317 e. The third kappa shape index (κ3) is 5.25. The van der Waals surface area contributed by atoms with Crippen LogP contribution in [-0.2, 0) is 16.6 Å². The summed E-state index contributed by atoms with van der Waals surface area (Å²) in [6, 6.07) is 13.0. The molecule has 2 aromatic rings. The minimum atomic E-state index is -0.993. The van der Waals surface area contributed by atoms with Gasteiger partial charge in [0.15, 0.2) is 0 Å². The van der Waals surface area contributed by atoms with Crippen molar-refractivity contribution >= 4 is 16.8 Å². The Morgan fingerprint density at radius 2 is 2.00 bits per heavy atom. The van der Waals surface area contributed by atoms with Crippen LogP contribution in [0.1, 0.15) is 24.3 Å². The molecule has 0 unspecified atom stereocenters. The predicted octanol–water partition coefficient (Wildman–Crippen LogP) is 2.93. The van der Waals surface area contributed by atoms with E-state index in [4.69, 9.17) is 4.42 Å². The second kappa shape index (κ2) is 8.53. The molecule has 23 heavy (non-hydrogen) atoms. The first-order valence-corrected chi connectivity index (χ1v) is 8.99. The first-order valence-electron chi connectivity index (χ1n) is 7.51. The van der Waals surface area contributed by atoms with Crippen molar-refractivity contribution in [3.8, 4) is 0 Å². The molecule has 1 N–H and O–H groups in total. The van der Waals surface area contributed by atoms with Crippen LogP contribution in [0.25, 0.3) is 0 Å². The van der Waals surface area contributed by atoms with Crippen molar-refractivity contribution in [1.29, 1.82) is 0 Å². The van der Waals surface area contributed by atoms with Crippen LogP contribution in [0.3, 0.4) is 0 Å². The quantitative estimate of drug-likeness (QED) is 0.847. The molecular formula is C17H22N2O3S. The van der Waals surface area contributed by atoms with Gasteiger partial charge in [-0.25, -0.2) is 4.79 Å². The highest BCUT2D eigenvalue weighted by molar-refractivity contribution is 7.84. The van der Waals surface area contributed by atoms with Gasteiger partial charge in [0.25, 0.3) is 0 Å². The number of furan rings is 1. The molecule has 2 atom stereocenters. The Kier molecular flexibility index (Phi) is 6.40. The fraction of sp³-hybridized carbons (Fsp3) is 0.353. The van der Waals surface area contributed by atoms with Gasteiger partial charge >= 0.3 is 6.03 Å². The molecular weight excluding hydrogens is 312 g/mol. The third-order valence-electron chi connectivity index (χ3n) is 3.63. The lowest BCUT2D eigenvalue weighted by Gasteiger charge is -2.23. The molecule has 0 aliphatic carbocycles. The lowest BCUT2D eigenvalue weighted by Crippen LogP contribution is -2.40. The van der Waals surface area contributed by atoms with Gasteiger partial charge in [-0.05, 0) is 24.6 Å². The van der Waals surface area contributed by atoms with Crippen LogP contribution in [0.2, 0.25) is 0 Å². The number of benzene rings is 1. The highest BCUT2D eigenvalue weighted by Crippen LogP contribution is 2.18. The lowest BCUT2D eigenvalue weighted by atomic mass is 10.2. The lowest BCUT2D eigenvalue weighted by molar-refractivity contribution is 0.188. The second-order valence-corrected chi connectivity index (χ2v) is 6.88. The van der Waals surface area contributed by atoms with E-state index < -0.39 is 10.8 Å². The van der Waals surface area contributed by atoms with Crippen LogP contribution in [0.5, 0.6) is 0 Å². The molecule has 6 heteroatoms. The number of carbonyl (C=O) groups is 1. The molecule has 2 rings (SSSR count). The summed E-state index contributed by atoms with van der Waals surface area (Å²) < 4.78 is 17.3. The summed E-state index contributed by atoms with van der Waals surface area (Å²) in [6.07, 6.45) is 1.59. The van der Waals surface area contributed by atoms with Crippen molar-refractivity contribution in [3.63, 3.8) is 0 Å². The third-order valence-corrected chi connectivity index (χ3v) is 4.95. The van der Waals surface area contributed by atoms with Crippen LogP contribution < -0.4 is 5.32 Å². The van der Waals surface area contributed by atoms with Gasteiger partial charge in [-0.1, -0.05) is 30.3 Å². The Morgan fingerprint density at radius 3 is 2.65 bits per heavy atom. The highest BCUT2D eigenvalue weighted by atomic mass is 32.2. The maximum absolute atomic E-state index is 12.1. The van der Waals surface area contributed by atoms with Gasteiger partial charge < -0.3 is 14.6 Å². The maximum atomic E-state index is 12.1. The number of carbonyl (C=O) groups excluding carboxylic acids is 1. The van der Waals surface area contributed by atoms with E-state index in [9.17, 15) is 9.00 Å². The normalized spacial score (nSPS) is 13.3. The molecule has 1 aromatic carbocycles. The molecule has 0 saturated carbocycles. The van der Waals surface area contributed by atoms with Gasteiger partial charge in [0.05, 0.1) is 12.3 Å². The fourth-order valence-corrected chi connectivity index (χ4v) is 3.16. The Balaban J connectivity index is 1.73. The van der Waals surface area contributed by atoms with E-state index in [1.54, 1.807) is 24.3 Å². The minimum absolute atomic E-state index is 0.153. The number of hydrogen-bond donors (Lipinski definition) is 1. The van der Waals surface area contributed by atoms with Gasteiger partial charge in [0.2, 0.25) is 0 Å². The first kappa shape index (κ1) is 17.3. The predicted molar refractivity (Wildman–Crippen MR) is 91.4 cm³/mol. The van der Waals surface area contributed by atoms with E-state index in [1.165, 1.54) is 0 Å². The van der Waals surface area contributed by atoms with Gasteiger partial charge in [-0.15, -0.1) is 0 Å². The Hall–Kier alpha value is -2.08. The highest BCUT2D eigenvalue weighted by Gasteiger charge is 2.19. The summed E-state index contributed by atoms with van der Waals surface area (Å²) in [5, 5.41) is 2.79. The second-order valence-electron chi connectivity index (χ2n) is 5.31. The maximum Gasteiger partial charge on any atom is 0.317 e. The number of nitrogens with one attached hydrogen (secondary N) is 1. The number of amides is 2. The Labute approximate surface area is 139 Å². The van der Waals surface area contributed by atoms with Crippen molar-refractivity contribution in [2.75, 3.05) is 19.3 Å². The summed E-state index contributed by atoms with van der Waals surface area (Å²) in [6.45, 7) is 2.28. The standard InChI is InChI=1S/C17H22N2O3S/c1-14(16-9-6-11-22-16)19(2)17(20)18-10-12-23(21)13-15-7-4-3-5-8-15/h3-9,11,14H,10,12-13H2,1-2H3,(H,18,20)/t14-,23-/m0/s1. The van der Waals surface area contributed by atoms with Gasteiger partial charge in [-0.2, -0.15) is 0 Å². The van der Waals surface area contributed by atoms with Crippen molar-refractivity contribution in [2.24, 2.45) is 0 Å². The van der Waals surface area contributed by atoms with Crippen LogP contribution in [0.4, 0.5) is 4.79 Å². The summed E-state index contributed by atoms with van der Waals surface area (Å²) in [5.74, 6) is 1.68. The minimum Gasteiger partial charge on any atom is -0.467 e. The molecule has 1 aromatic heterocycles. The van der Waals surface area contributed by atoms with Crippen molar-refractivity contribution < 1.29 is 13.4 Å². The molecule has 2 amide bonds. The van der Waals surface area contributed by atoms with E-state index in [1.807, 2.05) is 43.3 Å². The van der Waals surface area contributed by atoms with Gasteiger partial charge in [0, 0.05) is 35.9 Å². The molecule has 0 bridgehead atoms. The van der Waals surface area contributed by atoms with Crippen LogP contribution in [0.15, 0.2) is 53.1 Å². The zero-order valence-corrected chi connectivity index (χ0v) is 14.2. The average molecular weight is 334 g/mol. The van der Waals surface area contributed by atoms with E-state index in [0.717, 1.165) is 11.3 Å². The Bertz CT molecular complexity index is 629. The number of urea groups is 1. The SMILES string of the molecule is C[C@@H](c1ccco1)N(C)C(=O)NCC[S@](=O)Cc1ccccc1. The molecule has 5 nitrogen and oxygen atoms in total. The topological polar surface area (TPSA) is 62.6 Å². The molecule has 0 fully saturated rings. The summed E-state index contributed by atoms with van der Waals surface area (Å²) in [5.41, 5.74) is 1.04. The van der Waals surface area contributed by atoms with E-state index in [-0.39, 0.29) is 12.1 Å². The summed E-state index contributed by atoms with van der Waals surface area (Å²) in [7, 11) is 0.719. The molecule has 0 aliphatic heterocycles. The van der Waals surface area contributed by atoms with Gasteiger partial charge in [0.1, 0.15) is 5.76 Å². The molecule has 0 aliphatic rings. The number of rotatable bonds is 7. The van der Waals surface area contributed by atoms with Crippen molar-refractivity contribution in [3.05, 3.63) is 60.1 Å². The Morgan fingerprint density at radius 1 is 1.26 bits per heavy atom. The summed E-state index contributed by atoms with van der Waals surface area (Å²) >= 11 is 0. The zero-order chi connectivity index (χ0) is 16.7. The molecule has 0 spiro atoms. The van der Waals surface area contributed by atoms with Crippen LogP contribution in [0, 0.1) is 0 Å². The molecule has 124 valence electrons. The van der Waals surface area contributed by atoms with E-state index in [2.05, 4.69) is 5.32 Å². The van der Waals surface area contributed by atoms with Crippen molar-refractivity contribution in [1.82, 2.24) is 10.2 Å². The molecule has 0 radical (unpaired) electrons. The van der Waals surface area contributed by atoms with E-state index in [0.29, 0.717) is 18.1 Å². The molecule has 1 heterocycles. The summed E-state index contributed by atoms with van der Waals surface area (Å²) in [4.78, 5) is 13.7.